The van der Waals surface area contributed by atoms with Gasteiger partial charge in [-0.05, 0) is 52.9 Å². The Balaban J connectivity index is 1.62. The maximum Gasteiger partial charge on any atom is 0.318 e. The number of ether oxygens (including phenoxy) is 1. The van der Waals surface area contributed by atoms with Crippen LogP contribution in [0.25, 0.3) is 0 Å². The van der Waals surface area contributed by atoms with Gasteiger partial charge in [0, 0.05) is 13.1 Å². The molecule has 2 heterocycles. The van der Waals surface area contributed by atoms with Gasteiger partial charge in [-0.15, -0.1) is 0 Å². The number of nitrogens with one attached hydrogen (secondary N) is 1. The zero-order valence-corrected chi connectivity index (χ0v) is 13.8. The number of phenols is 1. The van der Waals surface area contributed by atoms with Gasteiger partial charge in [0.25, 0.3) is 0 Å². The molecule has 0 saturated carbocycles. The number of aromatic hydroxyl groups is 1. The molecule has 0 spiro atoms. The first-order chi connectivity index (χ1) is 11.2. The van der Waals surface area contributed by atoms with E-state index in [1.165, 1.54) is 12.7 Å². The molecule has 5 nitrogen and oxygen atoms in total. The summed E-state index contributed by atoms with van der Waals surface area (Å²) in [6.45, 7) is 1.16. The summed E-state index contributed by atoms with van der Waals surface area (Å²) in [5.41, 5.74) is 2.05. The average molecular weight is 332 g/mol. The van der Waals surface area contributed by atoms with Crippen molar-refractivity contribution in [3.8, 4) is 11.5 Å². The lowest BCUT2D eigenvalue weighted by atomic mass is 10.1. The highest BCUT2D eigenvalue weighted by molar-refractivity contribution is 7.07. The van der Waals surface area contributed by atoms with Gasteiger partial charge in [0.2, 0.25) is 0 Å². The van der Waals surface area contributed by atoms with Crippen LogP contribution in [0, 0.1) is 0 Å². The molecule has 6 heteroatoms. The van der Waals surface area contributed by atoms with Crippen LogP contribution >= 0.6 is 11.3 Å². The molecule has 1 atom stereocenters. The van der Waals surface area contributed by atoms with E-state index in [4.69, 9.17) is 4.74 Å². The standard InChI is InChI=1S/C17H20N2O3S/c1-22-16-5-4-12(9-15(16)20)10-18-17(21)19-7-2-3-14(19)13-6-8-23-11-13/h4-6,8-9,11,14,20H,2-3,7,10H2,1H3,(H,18,21)/t14-/m0/s1. The highest BCUT2D eigenvalue weighted by atomic mass is 32.1. The molecule has 2 amide bonds. The lowest BCUT2D eigenvalue weighted by Gasteiger charge is -2.24. The van der Waals surface area contributed by atoms with Crippen molar-refractivity contribution in [3.05, 3.63) is 46.2 Å². The van der Waals surface area contributed by atoms with Gasteiger partial charge in [-0.2, -0.15) is 11.3 Å². The molecule has 23 heavy (non-hydrogen) atoms. The number of amides is 2. The summed E-state index contributed by atoms with van der Waals surface area (Å²) in [7, 11) is 1.51. The number of benzene rings is 1. The molecule has 1 saturated heterocycles. The van der Waals surface area contributed by atoms with Crippen LogP contribution in [-0.2, 0) is 6.54 Å². The van der Waals surface area contributed by atoms with Crippen molar-refractivity contribution in [2.24, 2.45) is 0 Å². The molecule has 2 aromatic rings. The number of urea groups is 1. The Kier molecular flexibility index (Phi) is 4.71. The molecular formula is C17H20N2O3S. The Bertz CT molecular complexity index is 672. The molecular weight excluding hydrogens is 312 g/mol. The van der Waals surface area contributed by atoms with Crippen molar-refractivity contribution < 1.29 is 14.6 Å². The third kappa shape index (κ3) is 3.42. The average Bonchev–Trinajstić information content (AvgIpc) is 3.23. The second-order valence-electron chi connectivity index (χ2n) is 5.57. The van der Waals surface area contributed by atoms with Crippen LogP contribution in [0.3, 0.4) is 0 Å². The summed E-state index contributed by atoms with van der Waals surface area (Å²) < 4.78 is 5.02. The van der Waals surface area contributed by atoms with E-state index >= 15 is 0 Å². The minimum Gasteiger partial charge on any atom is -0.504 e. The van der Waals surface area contributed by atoms with Crippen molar-refractivity contribution in [2.75, 3.05) is 13.7 Å². The third-order valence-electron chi connectivity index (χ3n) is 4.13. The van der Waals surface area contributed by atoms with Crippen molar-refractivity contribution in [1.29, 1.82) is 0 Å². The van der Waals surface area contributed by atoms with Crippen LogP contribution in [0.4, 0.5) is 4.79 Å². The van der Waals surface area contributed by atoms with Gasteiger partial charge < -0.3 is 20.1 Å². The van der Waals surface area contributed by atoms with Gasteiger partial charge in [0.15, 0.2) is 11.5 Å². The second kappa shape index (κ2) is 6.91. The van der Waals surface area contributed by atoms with Crippen LogP contribution < -0.4 is 10.1 Å². The predicted octanol–water partition coefficient (Wildman–Crippen LogP) is 3.51. The maximum atomic E-state index is 12.5. The summed E-state index contributed by atoms with van der Waals surface area (Å²) in [5, 5.41) is 16.9. The largest absolute Gasteiger partial charge is 0.504 e. The molecule has 1 aliphatic heterocycles. The summed E-state index contributed by atoms with van der Waals surface area (Å²) in [6.07, 6.45) is 2.03. The van der Waals surface area contributed by atoms with E-state index < -0.39 is 0 Å². The molecule has 2 N–H and O–H groups in total. The number of carbonyl (C=O) groups excluding carboxylic acids is 1. The Morgan fingerprint density at radius 2 is 2.35 bits per heavy atom. The summed E-state index contributed by atoms with van der Waals surface area (Å²) >= 11 is 1.66. The van der Waals surface area contributed by atoms with Gasteiger partial charge in [0.1, 0.15) is 0 Å². The quantitative estimate of drug-likeness (QED) is 0.901. The van der Waals surface area contributed by atoms with Crippen LogP contribution in [0.2, 0.25) is 0 Å². The highest BCUT2D eigenvalue weighted by Gasteiger charge is 2.29. The number of hydrogen-bond donors (Lipinski definition) is 2. The minimum atomic E-state index is -0.0611. The first-order valence-electron chi connectivity index (χ1n) is 7.61. The number of likely N-dealkylation sites (tertiary alicyclic amines) is 1. The molecule has 0 radical (unpaired) electrons. The second-order valence-corrected chi connectivity index (χ2v) is 6.35. The van der Waals surface area contributed by atoms with E-state index in [0.29, 0.717) is 12.3 Å². The van der Waals surface area contributed by atoms with Gasteiger partial charge in [-0.3, -0.25) is 0 Å². The van der Waals surface area contributed by atoms with Crippen LogP contribution in [0.5, 0.6) is 11.5 Å². The fraction of sp³-hybridized carbons (Fsp3) is 0.353. The van der Waals surface area contributed by atoms with E-state index in [2.05, 4.69) is 16.8 Å². The van der Waals surface area contributed by atoms with Crippen molar-refractivity contribution in [2.45, 2.75) is 25.4 Å². The first kappa shape index (κ1) is 15.7. The monoisotopic (exact) mass is 332 g/mol. The highest BCUT2D eigenvalue weighted by Crippen LogP contribution is 2.33. The number of thiophene rings is 1. The predicted molar refractivity (Wildman–Crippen MR) is 89.9 cm³/mol. The molecule has 1 aromatic carbocycles. The topological polar surface area (TPSA) is 61.8 Å². The van der Waals surface area contributed by atoms with E-state index in [-0.39, 0.29) is 17.8 Å². The number of nitrogens with zero attached hydrogens (tertiary/aromatic N) is 1. The molecule has 122 valence electrons. The molecule has 1 aliphatic rings. The van der Waals surface area contributed by atoms with E-state index in [1.54, 1.807) is 23.5 Å². The van der Waals surface area contributed by atoms with Crippen molar-refractivity contribution >= 4 is 17.4 Å². The molecule has 0 bridgehead atoms. The summed E-state index contributed by atoms with van der Waals surface area (Å²) in [6, 6.07) is 7.33. The Labute approximate surface area is 139 Å². The Morgan fingerprint density at radius 1 is 1.48 bits per heavy atom. The molecule has 0 aliphatic carbocycles. The lowest BCUT2D eigenvalue weighted by Crippen LogP contribution is -2.39. The molecule has 3 rings (SSSR count). The number of carbonyl (C=O) groups is 1. The van der Waals surface area contributed by atoms with Gasteiger partial charge in [-0.1, -0.05) is 6.07 Å². The number of phenolic OH excluding ortho intramolecular Hbond substituents is 1. The maximum absolute atomic E-state index is 12.5. The van der Waals surface area contributed by atoms with Gasteiger partial charge in [0.05, 0.1) is 13.2 Å². The lowest BCUT2D eigenvalue weighted by molar-refractivity contribution is 0.192. The number of rotatable bonds is 4. The molecule has 0 unspecified atom stereocenters. The van der Waals surface area contributed by atoms with E-state index in [9.17, 15) is 9.90 Å². The van der Waals surface area contributed by atoms with Crippen LogP contribution in [-0.4, -0.2) is 29.7 Å². The fourth-order valence-electron chi connectivity index (χ4n) is 2.95. The SMILES string of the molecule is COc1ccc(CNC(=O)N2CCC[C@H]2c2ccsc2)cc1O. The first-order valence-corrected chi connectivity index (χ1v) is 8.56. The fourth-order valence-corrected chi connectivity index (χ4v) is 3.65. The Hall–Kier alpha value is -2.21. The zero-order valence-electron chi connectivity index (χ0n) is 13.0. The number of methoxy groups -OCH3 is 1. The summed E-state index contributed by atoms with van der Waals surface area (Å²) in [5.74, 6) is 0.508. The Morgan fingerprint density at radius 3 is 3.04 bits per heavy atom. The van der Waals surface area contributed by atoms with Gasteiger partial charge >= 0.3 is 6.03 Å². The zero-order chi connectivity index (χ0) is 16.2. The number of hydrogen-bond acceptors (Lipinski definition) is 4. The van der Waals surface area contributed by atoms with Crippen LogP contribution in [0.15, 0.2) is 35.0 Å². The molecule has 1 fully saturated rings. The normalized spacial score (nSPS) is 17.3. The molecule has 1 aromatic heterocycles. The van der Waals surface area contributed by atoms with Crippen molar-refractivity contribution in [3.63, 3.8) is 0 Å². The van der Waals surface area contributed by atoms with E-state index in [1.807, 2.05) is 16.3 Å². The smallest absolute Gasteiger partial charge is 0.318 e. The van der Waals surface area contributed by atoms with Crippen LogP contribution in [0.1, 0.15) is 30.0 Å². The summed E-state index contributed by atoms with van der Waals surface area (Å²) in [4.78, 5) is 14.4. The van der Waals surface area contributed by atoms with E-state index in [0.717, 1.165) is 24.9 Å². The third-order valence-corrected chi connectivity index (χ3v) is 4.83. The van der Waals surface area contributed by atoms with Crippen molar-refractivity contribution in [1.82, 2.24) is 10.2 Å². The minimum absolute atomic E-state index is 0.0611. The van der Waals surface area contributed by atoms with Gasteiger partial charge in [-0.25, -0.2) is 4.79 Å².